The fraction of sp³-hybridized carbons (Fsp3) is 0.318. The summed E-state index contributed by atoms with van der Waals surface area (Å²) in [4.78, 5) is 16.0. The number of hydrogen-bond donors (Lipinski definition) is 0. The van der Waals surface area contributed by atoms with Gasteiger partial charge in [0.05, 0.1) is 25.7 Å². The Balaban J connectivity index is 1.51. The molecule has 148 valence electrons. The van der Waals surface area contributed by atoms with Crippen LogP contribution >= 0.6 is 0 Å². The van der Waals surface area contributed by atoms with Gasteiger partial charge in [0, 0.05) is 24.5 Å². The number of benzene rings is 2. The maximum absolute atomic E-state index is 6.04. The molecule has 29 heavy (non-hydrogen) atoms. The van der Waals surface area contributed by atoms with Crippen LogP contribution in [0.5, 0.6) is 11.5 Å². The first-order valence-electron chi connectivity index (χ1n) is 9.74. The molecule has 0 aliphatic carbocycles. The van der Waals surface area contributed by atoms with Crippen molar-refractivity contribution in [3.05, 3.63) is 48.6 Å². The number of piperidine rings is 1. The molecule has 4 aromatic rings. The topological polar surface area (TPSA) is 73.5 Å². The average Bonchev–Trinajstić information content (AvgIpc) is 3.22. The minimum absolute atomic E-state index is 0.223. The van der Waals surface area contributed by atoms with Crippen LogP contribution in [0.15, 0.2) is 47.1 Å². The molecular formula is C22H22N4O3. The van der Waals surface area contributed by atoms with Gasteiger partial charge in [-0.15, -0.1) is 0 Å². The van der Waals surface area contributed by atoms with Gasteiger partial charge in [-0.3, -0.25) is 0 Å². The lowest BCUT2D eigenvalue weighted by Gasteiger charge is -2.32. The van der Waals surface area contributed by atoms with E-state index in [0.717, 1.165) is 59.6 Å². The van der Waals surface area contributed by atoms with Crippen LogP contribution in [0, 0.1) is 0 Å². The summed E-state index contributed by atoms with van der Waals surface area (Å²) in [5, 5.41) is 0.948. The minimum Gasteiger partial charge on any atom is -0.493 e. The van der Waals surface area contributed by atoms with Crippen LogP contribution < -0.4 is 14.4 Å². The van der Waals surface area contributed by atoms with Crippen molar-refractivity contribution in [2.24, 2.45) is 0 Å². The molecule has 0 N–H and O–H groups in total. The van der Waals surface area contributed by atoms with Gasteiger partial charge in [-0.25, -0.2) is 15.0 Å². The molecule has 1 fully saturated rings. The van der Waals surface area contributed by atoms with Crippen molar-refractivity contribution < 1.29 is 13.9 Å². The summed E-state index contributed by atoms with van der Waals surface area (Å²) < 4.78 is 16.9. The molecule has 0 radical (unpaired) electrons. The summed E-state index contributed by atoms with van der Waals surface area (Å²) in [6.45, 7) is 1.73. The lowest BCUT2D eigenvalue weighted by Crippen LogP contribution is -2.35. The van der Waals surface area contributed by atoms with E-state index in [9.17, 15) is 0 Å². The van der Waals surface area contributed by atoms with E-state index in [2.05, 4.69) is 14.9 Å². The van der Waals surface area contributed by atoms with E-state index in [1.807, 2.05) is 36.4 Å². The highest BCUT2D eigenvalue weighted by Crippen LogP contribution is 2.37. The molecule has 3 heterocycles. The van der Waals surface area contributed by atoms with Crippen molar-refractivity contribution in [1.82, 2.24) is 15.0 Å². The van der Waals surface area contributed by atoms with E-state index in [1.165, 1.54) is 0 Å². The summed E-state index contributed by atoms with van der Waals surface area (Å²) in [7, 11) is 3.26. The highest BCUT2D eigenvalue weighted by atomic mass is 16.5. The zero-order chi connectivity index (χ0) is 19.8. The Kier molecular flexibility index (Phi) is 4.42. The number of ether oxygens (including phenoxy) is 2. The van der Waals surface area contributed by atoms with Crippen molar-refractivity contribution in [3.8, 4) is 11.5 Å². The van der Waals surface area contributed by atoms with Crippen LogP contribution in [0.1, 0.15) is 24.7 Å². The number of para-hydroxylation sites is 2. The Morgan fingerprint density at radius 1 is 1.03 bits per heavy atom. The second-order valence-electron chi connectivity index (χ2n) is 7.23. The lowest BCUT2D eigenvalue weighted by atomic mass is 9.97. The van der Waals surface area contributed by atoms with Gasteiger partial charge in [0.2, 0.25) is 0 Å². The van der Waals surface area contributed by atoms with E-state index in [-0.39, 0.29) is 5.92 Å². The quantitative estimate of drug-likeness (QED) is 0.518. The molecule has 1 aliphatic rings. The first-order chi connectivity index (χ1) is 14.3. The van der Waals surface area contributed by atoms with Crippen molar-refractivity contribution >= 4 is 27.8 Å². The van der Waals surface area contributed by atoms with Crippen molar-refractivity contribution in [2.75, 3.05) is 32.2 Å². The summed E-state index contributed by atoms with van der Waals surface area (Å²) in [6, 6.07) is 11.7. The molecule has 2 aromatic carbocycles. The predicted molar refractivity (Wildman–Crippen MR) is 111 cm³/mol. The molecule has 2 aromatic heterocycles. The van der Waals surface area contributed by atoms with Gasteiger partial charge < -0.3 is 18.8 Å². The molecular weight excluding hydrogens is 368 g/mol. The molecule has 1 atom stereocenters. The number of aromatic nitrogens is 3. The van der Waals surface area contributed by atoms with Gasteiger partial charge >= 0.3 is 0 Å². The van der Waals surface area contributed by atoms with Crippen LogP contribution in [0.3, 0.4) is 0 Å². The standard InChI is InChI=1S/C22H22N4O3/c1-27-19-10-15-17(11-20(19)28-2)23-13-24-21(15)26-9-5-6-14(12-26)22-25-16-7-3-4-8-18(16)29-22/h3-4,7-8,10-11,13-14H,5-6,9,12H2,1-2H3. The van der Waals surface area contributed by atoms with Crippen LogP contribution in [0.4, 0.5) is 5.82 Å². The molecule has 0 spiro atoms. The number of rotatable bonds is 4. The molecule has 1 unspecified atom stereocenters. The summed E-state index contributed by atoms with van der Waals surface area (Å²) in [6.07, 6.45) is 3.69. The minimum atomic E-state index is 0.223. The maximum atomic E-state index is 6.04. The van der Waals surface area contributed by atoms with Crippen molar-refractivity contribution in [1.29, 1.82) is 0 Å². The zero-order valence-corrected chi connectivity index (χ0v) is 16.5. The molecule has 7 nitrogen and oxygen atoms in total. The molecule has 5 rings (SSSR count). The van der Waals surface area contributed by atoms with Crippen LogP contribution in [0.25, 0.3) is 22.0 Å². The van der Waals surface area contributed by atoms with Gasteiger partial charge in [0.1, 0.15) is 17.7 Å². The average molecular weight is 390 g/mol. The fourth-order valence-electron chi connectivity index (χ4n) is 4.06. The third-order valence-corrected chi connectivity index (χ3v) is 5.50. The smallest absolute Gasteiger partial charge is 0.200 e. The van der Waals surface area contributed by atoms with Gasteiger partial charge in [0.15, 0.2) is 23.0 Å². The summed E-state index contributed by atoms with van der Waals surface area (Å²) in [5.74, 6) is 3.25. The van der Waals surface area contributed by atoms with E-state index in [0.29, 0.717) is 11.5 Å². The number of hydrogen-bond acceptors (Lipinski definition) is 7. The number of nitrogens with zero attached hydrogens (tertiary/aromatic N) is 4. The Hall–Kier alpha value is -3.35. The fourth-order valence-corrected chi connectivity index (χ4v) is 4.06. The normalized spacial score (nSPS) is 17.0. The molecule has 0 amide bonds. The molecule has 7 heteroatoms. The van der Waals surface area contributed by atoms with Crippen LogP contribution in [0.2, 0.25) is 0 Å². The number of oxazole rings is 1. The van der Waals surface area contributed by atoms with Crippen molar-refractivity contribution in [3.63, 3.8) is 0 Å². The largest absolute Gasteiger partial charge is 0.493 e. The second kappa shape index (κ2) is 7.24. The van der Waals surface area contributed by atoms with Crippen molar-refractivity contribution in [2.45, 2.75) is 18.8 Å². The van der Waals surface area contributed by atoms with E-state index >= 15 is 0 Å². The highest BCUT2D eigenvalue weighted by Gasteiger charge is 2.27. The Morgan fingerprint density at radius 3 is 2.69 bits per heavy atom. The summed E-state index contributed by atoms with van der Waals surface area (Å²) in [5.41, 5.74) is 2.57. The SMILES string of the molecule is COc1cc2ncnc(N3CCCC(c4nc5ccccc5o4)C3)c2cc1OC. The predicted octanol–water partition coefficient (Wildman–Crippen LogP) is 4.17. The Morgan fingerprint density at radius 2 is 1.86 bits per heavy atom. The third kappa shape index (κ3) is 3.12. The monoisotopic (exact) mass is 390 g/mol. The summed E-state index contributed by atoms with van der Waals surface area (Å²) >= 11 is 0. The number of anilines is 1. The lowest BCUT2D eigenvalue weighted by molar-refractivity contribution is 0.355. The third-order valence-electron chi connectivity index (χ3n) is 5.50. The zero-order valence-electron chi connectivity index (χ0n) is 16.5. The van der Waals surface area contributed by atoms with E-state index in [1.54, 1.807) is 20.5 Å². The molecule has 0 bridgehead atoms. The molecule has 1 saturated heterocycles. The molecule has 0 saturated carbocycles. The van der Waals surface area contributed by atoms with Gasteiger partial charge in [-0.2, -0.15) is 0 Å². The Bertz CT molecular complexity index is 1140. The van der Waals surface area contributed by atoms with E-state index < -0.39 is 0 Å². The first-order valence-corrected chi connectivity index (χ1v) is 9.74. The van der Waals surface area contributed by atoms with Gasteiger partial charge in [0.25, 0.3) is 0 Å². The van der Waals surface area contributed by atoms with Crippen LogP contribution in [-0.4, -0.2) is 42.3 Å². The Labute approximate surface area is 168 Å². The number of methoxy groups -OCH3 is 2. The van der Waals surface area contributed by atoms with Gasteiger partial charge in [-0.05, 0) is 31.0 Å². The maximum Gasteiger partial charge on any atom is 0.200 e. The highest BCUT2D eigenvalue weighted by molar-refractivity contribution is 5.92. The van der Waals surface area contributed by atoms with Crippen LogP contribution in [-0.2, 0) is 0 Å². The van der Waals surface area contributed by atoms with E-state index in [4.69, 9.17) is 18.9 Å². The second-order valence-corrected chi connectivity index (χ2v) is 7.23. The molecule has 1 aliphatic heterocycles. The van der Waals surface area contributed by atoms with Gasteiger partial charge in [-0.1, -0.05) is 12.1 Å². The first kappa shape index (κ1) is 17.7. The number of fused-ring (bicyclic) bond motifs is 2.